The lowest BCUT2D eigenvalue weighted by Crippen LogP contribution is -2.92. The van der Waals surface area contributed by atoms with Crippen LogP contribution in [0, 0.1) is 0 Å². The van der Waals surface area contributed by atoms with E-state index >= 15 is 0 Å². The summed E-state index contributed by atoms with van der Waals surface area (Å²) in [6, 6.07) is 19.7. The molecule has 2 N–H and O–H groups in total. The number of benzene rings is 2. The molecule has 1 aliphatic rings. The molecule has 0 aliphatic carbocycles. The number of amides is 1. The maximum absolute atomic E-state index is 12.9. The second kappa shape index (κ2) is 8.23. The molecule has 1 amide bonds. The average Bonchev–Trinajstić information content (AvgIpc) is 3.06. The van der Waals surface area contributed by atoms with Crippen molar-refractivity contribution in [3.8, 4) is 0 Å². The Morgan fingerprint density at radius 2 is 1.56 bits per heavy atom. The molecule has 1 fully saturated rings. The lowest BCUT2D eigenvalue weighted by Gasteiger charge is -2.27. The van der Waals surface area contributed by atoms with Gasteiger partial charge in [0.1, 0.15) is 6.04 Å². The van der Waals surface area contributed by atoms with Crippen molar-refractivity contribution in [3.05, 3.63) is 71.8 Å². The number of rotatable bonds is 6. The molecule has 2 aromatic carbocycles. The van der Waals surface area contributed by atoms with Crippen LogP contribution >= 0.6 is 0 Å². The summed E-state index contributed by atoms with van der Waals surface area (Å²) < 4.78 is 23.5. The minimum atomic E-state index is -3.01. The lowest BCUT2D eigenvalue weighted by molar-refractivity contribution is -0.705. The number of likely N-dealkylation sites (N-methyl/N-ethyl adjacent to an activating group) is 1. The molecule has 2 atom stereocenters. The highest BCUT2D eigenvalue weighted by molar-refractivity contribution is 7.91. The first-order valence-electron chi connectivity index (χ1n) is 9.29. The van der Waals surface area contributed by atoms with Gasteiger partial charge in [0.2, 0.25) is 0 Å². The number of hydrogen-bond donors (Lipinski definition) is 1. The van der Waals surface area contributed by atoms with Crippen LogP contribution in [0.25, 0.3) is 0 Å². The van der Waals surface area contributed by atoms with E-state index in [4.69, 9.17) is 0 Å². The van der Waals surface area contributed by atoms with Crippen LogP contribution in [0.4, 0.5) is 0 Å². The summed E-state index contributed by atoms with van der Waals surface area (Å²) in [5.74, 6) is 0.209. The van der Waals surface area contributed by atoms with Crippen LogP contribution in [0.2, 0.25) is 0 Å². The zero-order valence-corrected chi connectivity index (χ0v) is 16.6. The SMILES string of the molecule is C[C@H]([NH2+]C(c1ccccc1)c1ccccc1)C(=O)N(C)[C@H]1CCS(=O)(=O)C1. The highest BCUT2D eigenvalue weighted by Crippen LogP contribution is 2.19. The van der Waals surface area contributed by atoms with Gasteiger partial charge < -0.3 is 10.2 Å². The van der Waals surface area contributed by atoms with Crippen LogP contribution < -0.4 is 5.32 Å². The fraction of sp³-hybridized carbons (Fsp3) is 0.381. The summed E-state index contributed by atoms with van der Waals surface area (Å²) in [6.07, 6.45) is 0.526. The Balaban J connectivity index is 1.76. The molecule has 0 saturated carbocycles. The monoisotopic (exact) mass is 387 g/mol. The molecule has 6 heteroatoms. The molecule has 1 saturated heterocycles. The summed E-state index contributed by atoms with van der Waals surface area (Å²) in [6.45, 7) is 1.89. The van der Waals surface area contributed by atoms with Crippen LogP contribution in [-0.2, 0) is 14.6 Å². The number of nitrogens with two attached hydrogens (primary N) is 1. The lowest BCUT2D eigenvalue weighted by atomic mass is 9.97. The Kier molecular flexibility index (Phi) is 5.97. The van der Waals surface area contributed by atoms with Gasteiger partial charge in [-0.1, -0.05) is 60.7 Å². The molecule has 0 aromatic heterocycles. The van der Waals surface area contributed by atoms with E-state index in [2.05, 4.69) is 29.6 Å². The molecule has 5 nitrogen and oxygen atoms in total. The zero-order chi connectivity index (χ0) is 19.4. The number of nitrogens with zero attached hydrogens (tertiary/aromatic N) is 1. The third-order valence-electron chi connectivity index (χ3n) is 5.29. The molecule has 0 bridgehead atoms. The van der Waals surface area contributed by atoms with E-state index in [0.29, 0.717) is 6.42 Å². The summed E-state index contributed by atoms with van der Waals surface area (Å²) >= 11 is 0. The Bertz CT molecular complexity index is 829. The van der Waals surface area contributed by atoms with E-state index in [1.807, 2.05) is 43.3 Å². The number of carbonyl (C=O) groups excluding carboxylic acids is 1. The molecule has 0 spiro atoms. The van der Waals surface area contributed by atoms with Crippen LogP contribution in [-0.4, -0.2) is 49.9 Å². The average molecular weight is 388 g/mol. The molecule has 2 aromatic rings. The molecule has 1 heterocycles. The summed E-state index contributed by atoms with van der Waals surface area (Å²) in [4.78, 5) is 14.6. The molecule has 27 heavy (non-hydrogen) atoms. The van der Waals surface area contributed by atoms with Gasteiger partial charge in [0, 0.05) is 24.2 Å². The Hall–Kier alpha value is -2.18. The van der Waals surface area contributed by atoms with Gasteiger partial charge in [-0.05, 0) is 13.3 Å². The largest absolute Gasteiger partial charge is 0.337 e. The van der Waals surface area contributed by atoms with Gasteiger partial charge in [-0.15, -0.1) is 0 Å². The number of carbonyl (C=O) groups is 1. The Labute approximate surface area is 161 Å². The predicted molar refractivity (Wildman–Crippen MR) is 106 cm³/mol. The van der Waals surface area contributed by atoms with Gasteiger partial charge >= 0.3 is 0 Å². The molecule has 144 valence electrons. The second-order valence-corrected chi connectivity index (χ2v) is 9.51. The first kappa shape index (κ1) is 19.6. The van der Waals surface area contributed by atoms with Crippen LogP contribution in [0.3, 0.4) is 0 Å². The Morgan fingerprint density at radius 1 is 1.04 bits per heavy atom. The highest BCUT2D eigenvalue weighted by Gasteiger charge is 2.35. The van der Waals surface area contributed by atoms with E-state index < -0.39 is 9.84 Å². The van der Waals surface area contributed by atoms with Gasteiger partial charge in [-0.2, -0.15) is 0 Å². The maximum atomic E-state index is 12.9. The van der Waals surface area contributed by atoms with Crippen LogP contribution in [0.5, 0.6) is 0 Å². The Morgan fingerprint density at radius 3 is 2.00 bits per heavy atom. The molecule has 3 rings (SSSR count). The molecular formula is C21H27N2O3S+. The van der Waals surface area contributed by atoms with Crippen molar-refractivity contribution in [2.45, 2.75) is 31.5 Å². The second-order valence-electron chi connectivity index (χ2n) is 7.29. The first-order valence-corrected chi connectivity index (χ1v) is 11.1. The van der Waals surface area contributed by atoms with Crippen molar-refractivity contribution in [1.82, 2.24) is 4.90 Å². The minimum absolute atomic E-state index is 0.00654. The van der Waals surface area contributed by atoms with Gasteiger partial charge in [0.15, 0.2) is 15.9 Å². The third kappa shape index (κ3) is 4.76. The summed E-state index contributed by atoms with van der Waals surface area (Å²) in [7, 11) is -1.29. The molecular weight excluding hydrogens is 360 g/mol. The van der Waals surface area contributed by atoms with E-state index in [0.717, 1.165) is 11.1 Å². The van der Waals surface area contributed by atoms with Crippen molar-refractivity contribution >= 4 is 15.7 Å². The number of quaternary nitrogens is 1. The number of hydrogen-bond acceptors (Lipinski definition) is 3. The predicted octanol–water partition coefficient (Wildman–Crippen LogP) is 1.37. The van der Waals surface area contributed by atoms with E-state index in [-0.39, 0.29) is 35.5 Å². The first-order chi connectivity index (χ1) is 12.9. The van der Waals surface area contributed by atoms with E-state index in [9.17, 15) is 13.2 Å². The van der Waals surface area contributed by atoms with Gasteiger partial charge in [-0.3, -0.25) is 4.79 Å². The summed E-state index contributed by atoms with van der Waals surface area (Å²) in [5, 5.41) is 2.06. The normalized spacial score (nSPS) is 19.7. The topological polar surface area (TPSA) is 71.1 Å². The van der Waals surface area contributed by atoms with Crippen LogP contribution in [0.15, 0.2) is 60.7 Å². The fourth-order valence-electron chi connectivity index (χ4n) is 3.69. The molecule has 1 aliphatic heterocycles. The van der Waals surface area contributed by atoms with Crippen LogP contribution in [0.1, 0.15) is 30.5 Å². The quantitative estimate of drug-likeness (QED) is 0.814. The van der Waals surface area contributed by atoms with Crippen molar-refractivity contribution in [2.75, 3.05) is 18.6 Å². The standard InChI is InChI=1S/C21H26N2O3S/c1-16(21(24)23(2)19-13-14-27(25,26)15-19)22-20(17-9-5-3-6-10-17)18-11-7-4-8-12-18/h3-12,16,19-20,22H,13-15H2,1-2H3/p+1/t16-,19-/m0/s1. The van der Waals surface area contributed by atoms with Crippen molar-refractivity contribution in [3.63, 3.8) is 0 Å². The minimum Gasteiger partial charge on any atom is -0.337 e. The maximum Gasteiger partial charge on any atom is 0.280 e. The van der Waals surface area contributed by atoms with E-state index in [1.54, 1.807) is 11.9 Å². The highest BCUT2D eigenvalue weighted by atomic mass is 32.2. The van der Waals surface area contributed by atoms with Crippen molar-refractivity contribution in [2.24, 2.45) is 0 Å². The van der Waals surface area contributed by atoms with E-state index in [1.165, 1.54) is 0 Å². The van der Waals surface area contributed by atoms with Gasteiger partial charge in [0.25, 0.3) is 5.91 Å². The molecule has 0 radical (unpaired) electrons. The smallest absolute Gasteiger partial charge is 0.280 e. The van der Waals surface area contributed by atoms with Gasteiger partial charge in [0.05, 0.1) is 11.5 Å². The fourth-order valence-corrected chi connectivity index (χ4v) is 5.46. The van der Waals surface area contributed by atoms with Crippen molar-refractivity contribution in [1.29, 1.82) is 0 Å². The van der Waals surface area contributed by atoms with Gasteiger partial charge in [-0.25, -0.2) is 8.42 Å². The number of sulfone groups is 1. The third-order valence-corrected chi connectivity index (χ3v) is 7.04. The zero-order valence-electron chi connectivity index (χ0n) is 15.8. The molecule has 0 unspecified atom stereocenters. The summed E-state index contributed by atoms with van der Waals surface area (Å²) in [5.41, 5.74) is 2.27. The van der Waals surface area contributed by atoms with Crippen molar-refractivity contribution < 1.29 is 18.5 Å².